The van der Waals surface area contributed by atoms with Crippen LogP contribution in [0, 0.1) is 0 Å². The highest BCUT2D eigenvalue weighted by Gasteiger charge is 2.37. The van der Waals surface area contributed by atoms with Gasteiger partial charge >= 0.3 is 6.18 Å². The summed E-state index contributed by atoms with van der Waals surface area (Å²) in [5, 5.41) is 17.1. The Balaban J connectivity index is 1.59. The number of nitrogens with zero attached hydrogens (tertiary/aromatic N) is 3. The first-order valence-electron chi connectivity index (χ1n) is 13.7. The van der Waals surface area contributed by atoms with Gasteiger partial charge in [-0.15, -0.1) is 0 Å². The number of hydrogen-bond donors (Lipinski definition) is 4. The number of piperidine rings is 1. The van der Waals surface area contributed by atoms with Gasteiger partial charge in [0.25, 0.3) is 0 Å². The van der Waals surface area contributed by atoms with Crippen LogP contribution in [-0.4, -0.2) is 70.8 Å². The number of halogens is 3. The summed E-state index contributed by atoms with van der Waals surface area (Å²) in [5.41, 5.74) is 5.66. The maximum atomic E-state index is 14.2. The van der Waals surface area contributed by atoms with Gasteiger partial charge in [-0.05, 0) is 75.9 Å². The van der Waals surface area contributed by atoms with Gasteiger partial charge in [-0.3, -0.25) is 4.90 Å². The molecule has 2 fully saturated rings. The molecular weight excluding hydrogens is 509 g/mol. The molecule has 8 nitrogen and oxygen atoms in total. The zero-order valence-corrected chi connectivity index (χ0v) is 22.9. The third-order valence-corrected chi connectivity index (χ3v) is 7.59. The molecule has 0 amide bonds. The molecule has 1 aromatic carbocycles. The molecule has 0 aliphatic carbocycles. The highest BCUT2D eigenvalue weighted by Crippen LogP contribution is 2.41. The minimum absolute atomic E-state index is 0.170. The number of aliphatic hydroxyl groups excluding tert-OH is 1. The number of nitrogens with one attached hydrogen (secondary N) is 3. The average Bonchev–Trinajstić information content (AvgIpc) is 3.26. The fourth-order valence-corrected chi connectivity index (χ4v) is 5.86. The topological polar surface area (TPSA) is 86.6 Å². The van der Waals surface area contributed by atoms with Crippen molar-refractivity contribution in [2.45, 2.75) is 70.4 Å². The van der Waals surface area contributed by atoms with E-state index in [4.69, 9.17) is 9.72 Å². The lowest BCUT2D eigenvalue weighted by molar-refractivity contribution is -0.138. The van der Waals surface area contributed by atoms with Gasteiger partial charge in [-0.25, -0.2) is 9.66 Å². The lowest BCUT2D eigenvalue weighted by Crippen LogP contribution is -2.51. The van der Waals surface area contributed by atoms with E-state index in [1.54, 1.807) is 6.07 Å². The molecule has 1 atom stereocenters. The van der Waals surface area contributed by atoms with Gasteiger partial charge in [0, 0.05) is 25.0 Å². The summed E-state index contributed by atoms with van der Waals surface area (Å²) in [6.45, 7) is 10.0. The number of aromatic nitrogens is 2. The Morgan fingerprint density at radius 2 is 1.85 bits per heavy atom. The second-order valence-electron chi connectivity index (χ2n) is 11.6. The minimum atomic E-state index is -4.45. The number of hydrogen-bond acceptors (Lipinski definition) is 7. The quantitative estimate of drug-likeness (QED) is 0.440. The van der Waals surface area contributed by atoms with Gasteiger partial charge < -0.3 is 25.9 Å². The van der Waals surface area contributed by atoms with Crippen LogP contribution < -0.4 is 16.1 Å². The van der Waals surface area contributed by atoms with E-state index in [0.29, 0.717) is 67.5 Å². The zero-order valence-electron chi connectivity index (χ0n) is 22.9. The average molecular weight is 549 g/mol. The van der Waals surface area contributed by atoms with Crippen molar-refractivity contribution >= 4 is 5.70 Å². The summed E-state index contributed by atoms with van der Waals surface area (Å²) in [6, 6.07) is 4.48. The molecule has 5 rings (SSSR count). The highest BCUT2D eigenvalue weighted by atomic mass is 19.4. The van der Waals surface area contributed by atoms with Crippen molar-refractivity contribution < 1.29 is 23.0 Å². The molecule has 3 aliphatic rings. The summed E-state index contributed by atoms with van der Waals surface area (Å²) in [5.74, 6) is 0.427. The SMILES string of the molecule is CC(C)(C)NC1=CC(N2CCOCC2)Nn2c1nc(CO)c2Cc1cccc(C(F)(F)F)c1C1CCNCC1. The molecule has 0 saturated carbocycles. The predicted octanol–water partition coefficient (Wildman–Crippen LogP) is 3.40. The number of alkyl halides is 3. The molecule has 1 unspecified atom stereocenters. The smallest absolute Gasteiger partial charge is 0.390 e. The number of ether oxygens (including phenoxy) is 1. The molecule has 0 bridgehead atoms. The number of aliphatic hydroxyl groups is 1. The summed E-state index contributed by atoms with van der Waals surface area (Å²) in [6.07, 6.45) is -1.00. The molecule has 0 spiro atoms. The number of fused-ring (bicyclic) bond motifs is 1. The van der Waals surface area contributed by atoms with Gasteiger partial charge in [0.1, 0.15) is 6.17 Å². The van der Waals surface area contributed by atoms with Crippen molar-refractivity contribution in [3.05, 3.63) is 58.2 Å². The van der Waals surface area contributed by atoms with E-state index in [1.807, 2.05) is 4.68 Å². The van der Waals surface area contributed by atoms with Crippen molar-refractivity contribution in [2.24, 2.45) is 0 Å². The van der Waals surface area contributed by atoms with Crippen LogP contribution in [-0.2, 0) is 23.9 Å². The van der Waals surface area contributed by atoms with E-state index in [-0.39, 0.29) is 30.7 Å². The Labute approximate surface area is 227 Å². The van der Waals surface area contributed by atoms with Crippen LogP contribution in [0.25, 0.3) is 5.70 Å². The van der Waals surface area contributed by atoms with Crippen LogP contribution in [0.3, 0.4) is 0 Å². The summed E-state index contributed by atoms with van der Waals surface area (Å²) >= 11 is 0. The zero-order chi connectivity index (χ0) is 27.8. The van der Waals surface area contributed by atoms with Crippen LogP contribution in [0.4, 0.5) is 13.2 Å². The van der Waals surface area contributed by atoms with E-state index >= 15 is 0 Å². The third-order valence-electron chi connectivity index (χ3n) is 7.59. The van der Waals surface area contributed by atoms with Crippen LogP contribution in [0.1, 0.15) is 73.4 Å². The van der Waals surface area contributed by atoms with Gasteiger partial charge in [0.05, 0.1) is 42.5 Å². The van der Waals surface area contributed by atoms with Gasteiger partial charge in [0.2, 0.25) is 0 Å². The summed E-state index contributed by atoms with van der Waals surface area (Å²) in [7, 11) is 0. The maximum absolute atomic E-state index is 14.2. The van der Waals surface area contributed by atoms with E-state index < -0.39 is 11.7 Å². The molecular formula is C28H39F3N6O2. The number of benzene rings is 1. The molecule has 0 radical (unpaired) electrons. The maximum Gasteiger partial charge on any atom is 0.416 e. The molecule has 3 aliphatic heterocycles. The van der Waals surface area contributed by atoms with Crippen LogP contribution >= 0.6 is 0 Å². The lowest BCUT2D eigenvalue weighted by atomic mass is 9.82. The van der Waals surface area contributed by atoms with Gasteiger partial charge in [-0.1, -0.05) is 12.1 Å². The molecule has 1 aromatic heterocycles. The second-order valence-corrected chi connectivity index (χ2v) is 11.6. The van der Waals surface area contributed by atoms with Crippen molar-refractivity contribution in [2.75, 3.05) is 44.8 Å². The Hall–Kier alpha value is -2.60. The fourth-order valence-electron chi connectivity index (χ4n) is 5.86. The van der Waals surface area contributed by atoms with Crippen molar-refractivity contribution in [3.63, 3.8) is 0 Å². The number of imidazole rings is 1. The highest BCUT2D eigenvalue weighted by molar-refractivity contribution is 5.63. The summed E-state index contributed by atoms with van der Waals surface area (Å²) < 4.78 is 50.1. The van der Waals surface area contributed by atoms with Crippen LogP contribution in [0.2, 0.25) is 0 Å². The molecule has 214 valence electrons. The van der Waals surface area contributed by atoms with E-state index in [0.717, 1.165) is 18.8 Å². The fraction of sp³-hybridized carbons (Fsp3) is 0.607. The molecule has 39 heavy (non-hydrogen) atoms. The second kappa shape index (κ2) is 11.1. The van der Waals surface area contributed by atoms with Gasteiger partial charge in [-0.2, -0.15) is 13.2 Å². The van der Waals surface area contributed by atoms with Crippen molar-refractivity contribution in [1.29, 1.82) is 0 Å². The Kier molecular flexibility index (Phi) is 7.96. The molecule has 2 saturated heterocycles. The Morgan fingerprint density at radius 3 is 2.49 bits per heavy atom. The largest absolute Gasteiger partial charge is 0.416 e. The first-order valence-corrected chi connectivity index (χ1v) is 13.7. The summed E-state index contributed by atoms with van der Waals surface area (Å²) in [4.78, 5) is 7.04. The van der Waals surface area contributed by atoms with Crippen molar-refractivity contribution in [3.8, 4) is 0 Å². The van der Waals surface area contributed by atoms with Crippen LogP contribution in [0.5, 0.6) is 0 Å². The first-order chi connectivity index (χ1) is 18.5. The minimum Gasteiger partial charge on any atom is -0.390 e. The lowest BCUT2D eigenvalue weighted by Gasteiger charge is -2.38. The van der Waals surface area contributed by atoms with E-state index in [1.165, 1.54) is 12.1 Å². The first kappa shape index (κ1) is 27.9. The molecule has 2 aromatic rings. The van der Waals surface area contributed by atoms with Crippen molar-refractivity contribution in [1.82, 2.24) is 25.2 Å². The van der Waals surface area contributed by atoms with E-state index in [2.05, 4.69) is 47.8 Å². The molecule has 4 heterocycles. The standard InChI is InChI=1S/C28H39F3N6O2/c1-27(2,3)34-21-16-24(36-11-13-39-14-12-36)35-37-23(22(17-38)33-26(21)37)15-19-5-4-6-20(28(29,30)31)25(19)18-7-9-32-10-8-18/h4-6,16,18,24,32,34-35,38H,7-15,17H2,1-3H3. The normalized spacial score (nSPS) is 21.3. The number of morpholine rings is 1. The molecule has 11 heteroatoms. The Bertz CT molecular complexity index is 1190. The third kappa shape index (κ3) is 6.11. The molecule has 4 N–H and O–H groups in total. The van der Waals surface area contributed by atoms with E-state index in [9.17, 15) is 18.3 Å². The number of rotatable bonds is 6. The van der Waals surface area contributed by atoms with Gasteiger partial charge in [0.15, 0.2) is 5.82 Å². The monoisotopic (exact) mass is 548 g/mol. The van der Waals surface area contributed by atoms with Crippen LogP contribution in [0.15, 0.2) is 24.3 Å². The Morgan fingerprint density at radius 1 is 1.13 bits per heavy atom. The predicted molar refractivity (Wildman–Crippen MR) is 144 cm³/mol.